The second kappa shape index (κ2) is 5.42. The molecule has 1 N–H and O–H groups in total. The summed E-state index contributed by atoms with van der Waals surface area (Å²) in [7, 11) is 0. The van der Waals surface area contributed by atoms with Crippen LogP contribution in [0.15, 0.2) is 17.6 Å². The van der Waals surface area contributed by atoms with Crippen LogP contribution in [0.25, 0.3) is 0 Å². The van der Waals surface area contributed by atoms with Gasteiger partial charge in [0.1, 0.15) is 0 Å². The molecule has 2 heterocycles. The Bertz CT molecular complexity index is 515. The first kappa shape index (κ1) is 12.3. The van der Waals surface area contributed by atoms with Gasteiger partial charge in [-0.1, -0.05) is 11.6 Å². The lowest BCUT2D eigenvalue weighted by atomic mass is 10.3. The standard InChI is InChI=1S/C11H11ClFN3S/c1-7-16-9(6-17-7)2-3-14-11-10(13)4-8(12)5-15-11/h4-6H,2-3H2,1H3,(H,14,15). The summed E-state index contributed by atoms with van der Waals surface area (Å²) in [5.74, 6) is -0.215. The number of hydrogen-bond donors (Lipinski definition) is 1. The van der Waals surface area contributed by atoms with Crippen LogP contribution < -0.4 is 5.32 Å². The van der Waals surface area contributed by atoms with Crippen molar-refractivity contribution >= 4 is 28.8 Å². The topological polar surface area (TPSA) is 37.8 Å². The first-order chi connectivity index (χ1) is 8.15. The SMILES string of the molecule is Cc1nc(CCNc2ncc(Cl)cc2F)cs1. The number of thiazole rings is 1. The molecule has 17 heavy (non-hydrogen) atoms. The number of nitrogens with zero attached hydrogens (tertiary/aromatic N) is 2. The first-order valence-electron chi connectivity index (χ1n) is 5.11. The highest BCUT2D eigenvalue weighted by Gasteiger charge is 2.04. The molecule has 2 aromatic rings. The van der Waals surface area contributed by atoms with Crippen LogP contribution in [0.3, 0.4) is 0 Å². The van der Waals surface area contributed by atoms with E-state index in [0.717, 1.165) is 17.1 Å². The highest BCUT2D eigenvalue weighted by Crippen LogP contribution is 2.15. The number of rotatable bonds is 4. The van der Waals surface area contributed by atoms with Crippen molar-refractivity contribution in [3.63, 3.8) is 0 Å². The van der Waals surface area contributed by atoms with Gasteiger partial charge in [-0.3, -0.25) is 0 Å². The van der Waals surface area contributed by atoms with Gasteiger partial charge in [-0.25, -0.2) is 14.4 Å². The number of nitrogens with one attached hydrogen (secondary N) is 1. The van der Waals surface area contributed by atoms with Crippen LogP contribution in [-0.2, 0) is 6.42 Å². The van der Waals surface area contributed by atoms with Gasteiger partial charge < -0.3 is 5.32 Å². The average molecular weight is 272 g/mol. The lowest BCUT2D eigenvalue weighted by Crippen LogP contribution is -2.08. The van der Waals surface area contributed by atoms with Gasteiger partial charge in [0.2, 0.25) is 0 Å². The van der Waals surface area contributed by atoms with E-state index in [0.29, 0.717) is 11.6 Å². The lowest BCUT2D eigenvalue weighted by Gasteiger charge is -2.05. The smallest absolute Gasteiger partial charge is 0.166 e. The van der Waals surface area contributed by atoms with Gasteiger partial charge >= 0.3 is 0 Å². The number of aromatic nitrogens is 2. The minimum Gasteiger partial charge on any atom is -0.367 e. The molecular weight excluding hydrogens is 261 g/mol. The van der Waals surface area contributed by atoms with Crippen LogP contribution in [0.1, 0.15) is 10.7 Å². The molecule has 90 valence electrons. The zero-order chi connectivity index (χ0) is 12.3. The molecule has 6 heteroatoms. The molecule has 0 spiro atoms. The third kappa shape index (κ3) is 3.38. The Kier molecular flexibility index (Phi) is 3.91. The van der Waals surface area contributed by atoms with Crippen molar-refractivity contribution < 1.29 is 4.39 Å². The Labute approximate surface area is 108 Å². The van der Waals surface area contributed by atoms with Crippen molar-refractivity contribution in [1.82, 2.24) is 9.97 Å². The zero-order valence-electron chi connectivity index (χ0n) is 9.20. The van der Waals surface area contributed by atoms with Crippen LogP contribution >= 0.6 is 22.9 Å². The van der Waals surface area contributed by atoms with E-state index in [9.17, 15) is 4.39 Å². The summed E-state index contributed by atoms with van der Waals surface area (Å²) < 4.78 is 13.4. The summed E-state index contributed by atoms with van der Waals surface area (Å²) >= 11 is 7.22. The molecule has 2 rings (SSSR count). The van der Waals surface area contributed by atoms with Crippen molar-refractivity contribution in [3.8, 4) is 0 Å². The van der Waals surface area contributed by atoms with Crippen LogP contribution in [0.2, 0.25) is 5.02 Å². The third-order valence-electron chi connectivity index (χ3n) is 2.15. The molecular formula is C11H11ClFN3S. The van der Waals surface area contributed by atoms with Crippen molar-refractivity contribution in [1.29, 1.82) is 0 Å². The van der Waals surface area contributed by atoms with E-state index in [1.807, 2.05) is 12.3 Å². The van der Waals surface area contributed by atoms with Gasteiger partial charge in [-0.2, -0.15) is 0 Å². The number of aryl methyl sites for hydroxylation is 1. The molecule has 0 bridgehead atoms. The molecule has 0 radical (unpaired) electrons. The van der Waals surface area contributed by atoms with E-state index in [4.69, 9.17) is 11.6 Å². The molecule has 0 aromatic carbocycles. The molecule has 0 aliphatic carbocycles. The van der Waals surface area contributed by atoms with Crippen LogP contribution in [0.5, 0.6) is 0 Å². The summed E-state index contributed by atoms with van der Waals surface area (Å²) in [6.07, 6.45) is 2.16. The second-order valence-electron chi connectivity index (χ2n) is 3.52. The maximum Gasteiger partial charge on any atom is 0.166 e. The Hall–Kier alpha value is -1.20. The molecule has 0 atom stereocenters. The van der Waals surface area contributed by atoms with Gasteiger partial charge in [0.25, 0.3) is 0 Å². The monoisotopic (exact) mass is 271 g/mol. The fourth-order valence-electron chi connectivity index (χ4n) is 1.38. The number of anilines is 1. The van der Waals surface area contributed by atoms with E-state index in [1.165, 1.54) is 12.3 Å². The fourth-order valence-corrected chi connectivity index (χ4v) is 2.17. The lowest BCUT2D eigenvalue weighted by molar-refractivity contribution is 0.624. The Morgan fingerprint density at radius 1 is 1.53 bits per heavy atom. The van der Waals surface area contributed by atoms with Crippen molar-refractivity contribution in [2.45, 2.75) is 13.3 Å². The molecule has 0 unspecified atom stereocenters. The average Bonchev–Trinajstić information content (AvgIpc) is 2.68. The van der Waals surface area contributed by atoms with Gasteiger partial charge in [0.15, 0.2) is 11.6 Å². The minimum absolute atomic E-state index is 0.223. The van der Waals surface area contributed by atoms with Crippen LogP contribution in [0.4, 0.5) is 10.2 Å². The Morgan fingerprint density at radius 2 is 2.35 bits per heavy atom. The molecule has 0 aliphatic rings. The van der Waals surface area contributed by atoms with E-state index in [1.54, 1.807) is 11.3 Å². The van der Waals surface area contributed by atoms with Gasteiger partial charge in [-0.05, 0) is 13.0 Å². The van der Waals surface area contributed by atoms with E-state index in [-0.39, 0.29) is 5.82 Å². The quantitative estimate of drug-likeness (QED) is 0.927. The first-order valence-corrected chi connectivity index (χ1v) is 6.37. The normalized spacial score (nSPS) is 10.5. The highest BCUT2D eigenvalue weighted by molar-refractivity contribution is 7.09. The molecule has 0 saturated carbocycles. The summed E-state index contributed by atoms with van der Waals surface area (Å²) in [5, 5.41) is 6.25. The van der Waals surface area contributed by atoms with Crippen molar-refractivity contribution in [2.24, 2.45) is 0 Å². The molecule has 0 fully saturated rings. The third-order valence-corrected chi connectivity index (χ3v) is 3.18. The Balaban J connectivity index is 1.90. The van der Waals surface area contributed by atoms with Crippen LogP contribution in [0, 0.1) is 12.7 Å². The van der Waals surface area contributed by atoms with E-state index >= 15 is 0 Å². The molecule has 0 saturated heterocycles. The zero-order valence-corrected chi connectivity index (χ0v) is 10.8. The minimum atomic E-state index is -0.438. The molecule has 2 aromatic heterocycles. The number of hydrogen-bond acceptors (Lipinski definition) is 4. The van der Waals surface area contributed by atoms with E-state index in [2.05, 4.69) is 15.3 Å². The summed E-state index contributed by atoms with van der Waals surface area (Å²) in [6.45, 7) is 2.55. The highest BCUT2D eigenvalue weighted by atomic mass is 35.5. The largest absolute Gasteiger partial charge is 0.367 e. The van der Waals surface area contributed by atoms with Gasteiger partial charge in [0.05, 0.1) is 15.7 Å². The van der Waals surface area contributed by atoms with Gasteiger partial charge in [-0.15, -0.1) is 11.3 Å². The van der Waals surface area contributed by atoms with Crippen molar-refractivity contribution in [3.05, 3.63) is 39.2 Å². The van der Waals surface area contributed by atoms with Crippen molar-refractivity contribution in [2.75, 3.05) is 11.9 Å². The summed E-state index contributed by atoms with van der Waals surface area (Å²) in [4.78, 5) is 8.20. The predicted octanol–water partition coefficient (Wildman–Crippen LogP) is 3.29. The second-order valence-corrected chi connectivity index (χ2v) is 5.02. The number of pyridine rings is 1. The maximum atomic E-state index is 13.4. The van der Waals surface area contributed by atoms with Crippen LogP contribution in [-0.4, -0.2) is 16.5 Å². The fraction of sp³-hybridized carbons (Fsp3) is 0.273. The van der Waals surface area contributed by atoms with Gasteiger partial charge in [0, 0.05) is 24.5 Å². The molecule has 0 aliphatic heterocycles. The Morgan fingerprint density at radius 3 is 3.00 bits per heavy atom. The predicted molar refractivity (Wildman–Crippen MR) is 68.2 cm³/mol. The number of halogens is 2. The summed E-state index contributed by atoms with van der Waals surface area (Å²) in [5.41, 5.74) is 1.01. The summed E-state index contributed by atoms with van der Waals surface area (Å²) in [6, 6.07) is 1.24. The molecule has 0 amide bonds. The maximum absolute atomic E-state index is 13.4. The molecule has 3 nitrogen and oxygen atoms in total. The van der Waals surface area contributed by atoms with E-state index < -0.39 is 5.82 Å².